The predicted octanol–water partition coefficient (Wildman–Crippen LogP) is 4.12. The first kappa shape index (κ1) is 10.3. The molecule has 0 aliphatic heterocycles. The van der Waals surface area contributed by atoms with Crippen LogP contribution in [0, 0.1) is 6.92 Å². The summed E-state index contributed by atoms with van der Waals surface area (Å²) < 4.78 is 0. The Morgan fingerprint density at radius 2 is 1.23 bits per heavy atom. The molecular weight excluding hydrogens is 156 g/mol. The molecule has 0 heteroatoms. The Labute approximate surface area is 82.0 Å². The van der Waals surface area contributed by atoms with Gasteiger partial charge in [0.15, 0.2) is 0 Å². The van der Waals surface area contributed by atoms with Gasteiger partial charge in [-0.15, -0.1) is 0 Å². The first-order valence-electron chi connectivity index (χ1n) is 4.97. The van der Waals surface area contributed by atoms with Crippen LogP contribution in [0.1, 0.15) is 56.2 Å². The van der Waals surface area contributed by atoms with Crippen LogP contribution in [0.5, 0.6) is 0 Å². The maximum atomic E-state index is 4.01. The van der Waals surface area contributed by atoms with E-state index in [1.54, 1.807) is 0 Å². The lowest BCUT2D eigenvalue weighted by Gasteiger charge is -2.12. The van der Waals surface area contributed by atoms with E-state index in [0.29, 0.717) is 11.8 Å². The Morgan fingerprint density at radius 3 is 1.54 bits per heavy atom. The molecule has 0 saturated carbocycles. The van der Waals surface area contributed by atoms with Gasteiger partial charge in [0.05, 0.1) is 0 Å². The summed E-state index contributed by atoms with van der Waals surface area (Å²) >= 11 is 0. The van der Waals surface area contributed by atoms with Gasteiger partial charge in [0.25, 0.3) is 0 Å². The third-order valence-electron chi connectivity index (χ3n) is 2.37. The van der Waals surface area contributed by atoms with Gasteiger partial charge in [-0.3, -0.25) is 0 Å². The Hall–Kier alpha value is -0.780. The Balaban J connectivity index is 3.11. The lowest BCUT2D eigenvalue weighted by molar-refractivity contribution is 0.832. The fourth-order valence-corrected chi connectivity index (χ4v) is 1.41. The Kier molecular flexibility index (Phi) is 3.13. The van der Waals surface area contributed by atoms with Crippen molar-refractivity contribution in [2.45, 2.75) is 39.5 Å². The van der Waals surface area contributed by atoms with E-state index in [-0.39, 0.29) is 0 Å². The maximum absolute atomic E-state index is 4.01. The van der Waals surface area contributed by atoms with Crippen LogP contribution >= 0.6 is 0 Å². The van der Waals surface area contributed by atoms with Gasteiger partial charge in [0, 0.05) is 0 Å². The predicted molar refractivity (Wildman–Crippen MR) is 59.1 cm³/mol. The van der Waals surface area contributed by atoms with Gasteiger partial charge in [-0.2, -0.15) is 0 Å². The Morgan fingerprint density at radius 1 is 0.846 bits per heavy atom. The summed E-state index contributed by atoms with van der Waals surface area (Å²) in [6, 6.07) is 6.65. The molecule has 0 fully saturated rings. The lowest BCUT2D eigenvalue weighted by Crippen LogP contribution is -1.94. The molecule has 0 saturated heterocycles. The molecule has 1 radical (unpaired) electrons. The van der Waals surface area contributed by atoms with Crippen LogP contribution < -0.4 is 0 Å². The molecule has 1 rings (SSSR count). The molecule has 0 aromatic heterocycles. The van der Waals surface area contributed by atoms with Crippen molar-refractivity contribution in [1.29, 1.82) is 0 Å². The number of hydrogen-bond acceptors (Lipinski definition) is 0. The fourth-order valence-electron chi connectivity index (χ4n) is 1.41. The van der Waals surface area contributed by atoms with Crippen molar-refractivity contribution >= 4 is 0 Å². The first-order valence-corrected chi connectivity index (χ1v) is 4.97. The second kappa shape index (κ2) is 3.95. The fraction of sp³-hybridized carbons (Fsp3) is 0.462. The standard InChI is InChI=1S/C13H19/c1-9(2)12-6-11(5)7-13(8-12)10(3)4/h6-10H,5H2,1-4H3. The number of benzene rings is 1. The minimum Gasteiger partial charge on any atom is -0.0587 e. The van der Waals surface area contributed by atoms with Crippen LogP contribution in [-0.2, 0) is 0 Å². The van der Waals surface area contributed by atoms with Crippen LogP contribution in [0.3, 0.4) is 0 Å². The van der Waals surface area contributed by atoms with Crippen molar-refractivity contribution < 1.29 is 0 Å². The van der Waals surface area contributed by atoms with Crippen molar-refractivity contribution in [1.82, 2.24) is 0 Å². The molecule has 1 aromatic rings. The monoisotopic (exact) mass is 175 g/mol. The van der Waals surface area contributed by atoms with Crippen LogP contribution in [0.15, 0.2) is 18.2 Å². The summed E-state index contributed by atoms with van der Waals surface area (Å²) in [4.78, 5) is 0. The molecule has 0 atom stereocenters. The highest BCUT2D eigenvalue weighted by Gasteiger charge is 2.04. The minimum absolute atomic E-state index is 0.596. The lowest BCUT2D eigenvalue weighted by atomic mass is 9.94. The normalized spacial score (nSPS) is 11.3. The van der Waals surface area contributed by atoms with Gasteiger partial charge in [0.2, 0.25) is 0 Å². The van der Waals surface area contributed by atoms with E-state index in [1.165, 1.54) is 11.1 Å². The molecule has 71 valence electrons. The molecule has 13 heavy (non-hydrogen) atoms. The van der Waals surface area contributed by atoms with Gasteiger partial charge < -0.3 is 0 Å². The van der Waals surface area contributed by atoms with Gasteiger partial charge in [-0.25, -0.2) is 0 Å². The number of rotatable bonds is 2. The SMILES string of the molecule is [CH2]c1cc(C(C)C)cc(C(C)C)c1. The maximum Gasteiger partial charge on any atom is -0.0219 e. The second-order valence-corrected chi connectivity index (χ2v) is 4.32. The Bertz CT molecular complexity index is 256. The first-order chi connectivity index (χ1) is 6.00. The highest BCUT2D eigenvalue weighted by atomic mass is 14.1. The van der Waals surface area contributed by atoms with Crippen molar-refractivity contribution in [2.24, 2.45) is 0 Å². The van der Waals surface area contributed by atoms with Crippen molar-refractivity contribution in [3.63, 3.8) is 0 Å². The van der Waals surface area contributed by atoms with E-state index in [0.717, 1.165) is 5.56 Å². The summed E-state index contributed by atoms with van der Waals surface area (Å²) in [5.74, 6) is 1.19. The van der Waals surface area contributed by atoms with E-state index >= 15 is 0 Å². The third-order valence-corrected chi connectivity index (χ3v) is 2.37. The van der Waals surface area contributed by atoms with Crippen molar-refractivity contribution in [3.05, 3.63) is 41.8 Å². The average molecular weight is 175 g/mol. The van der Waals surface area contributed by atoms with Crippen molar-refractivity contribution in [2.75, 3.05) is 0 Å². The summed E-state index contributed by atoms with van der Waals surface area (Å²) in [7, 11) is 0. The molecule has 0 heterocycles. The molecule has 1 aromatic carbocycles. The van der Waals surface area contributed by atoms with Crippen LogP contribution in [0.25, 0.3) is 0 Å². The van der Waals surface area contributed by atoms with E-state index in [4.69, 9.17) is 0 Å². The molecule has 0 aliphatic rings. The quantitative estimate of drug-likeness (QED) is 0.634. The highest BCUT2D eigenvalue weighted by molar-refractivity contribution is 5.34. The molecule has 0 unspecified atom stereocenters. The van der Waals surface area contributed by atoms with Crippen molar-refractivity contribution in [3.8, 4) is 0 Å². The minimum atomic E-state index is 0.596. The van der Waals surface area contributed by atoms with E-state index in [2.05, 4.69) is 52.8 Å². The zero-order valence-corrected chi connectivity index (χ0v) is 9.09. The molecule has 0 amide bonds. The second-order valence-electron chi connectivity index (χ2n) is 4.32. The molecule has 0 aliphatic carbocycles. The smallest absolute Gasteiger partial charge is 0.0219 e. The summed E-state index contributed by atoms with van der Waals surface area (Å²) in [5.41, 5.74) is 3.93. The summed E-state index contributed by atoms with van der Waals surface area (Å²) in [6.45, 7) is 12.9. The molecule has 0 N–H and O–H groups in total. The summed E-state index contributed by atoms with van der Waals surface area (Å²) in [6.07, 6.45) is 0. The molecule has 0 bridgehead atoms. The molecule has 0 nitrogen and oxygen atoms in total. The zero-order chi connectivity index (χ0) is 10.0. The third kappa shape index (κ3) is 2.58. The van der Waals surface area contributed by atoms with Gasteiger partial charge in [0.1, 0.15) is 0 Å². The van der Waals surface area contributed by atoms with E-state index < -0.39 is 0 Å². The highest BCUT2D eigenvalue weighted by Crippen LogP contribution is 2.22. The average Bonchev–Trinajstić information content (AvgIpc) is 2.03. The van der Waals surface area contributed by atoms with Crippen LogP contribution in [0.2, 0.25) is 0 Å². The largest absolute Gasteiger partial charge is 0.0587 e. The van der Waals surface area contributed by atoms with E-state index in [9.17, 15) is 0 Å². The molecular formula is C13H19. The number of hydrogen-bond donors (Lipinski definition) is 0. The van der Waals surface area contributed by atoms with Crippen LogP contribution in [0.4, 0.5) is 0 Å². The van der Waals surface area contributed by atoms with Crippen LogP contribution in [-0.4, -0.2) is 0 Å². The van der Waals surface area contributed by atoms with Gasteiger partial charge in [-0.05, 0) is 35.4 Å². The molecule has 0 spiro atoms. The summed E-state index contributed by atoms with van der Waals surface area (Å²) in [5, 5.41) is 0. The zero-order valence-electron chi connectivity index (χ0n) is 9.09. The van der Waals surface area contributed by atoms with Gasteiger partial charge in [-0.1, -0.05) is 45.9 Å². The van der Waals surface area contributed by atoms with Gasteiger partial charge >= 0.3 is 0 Å². The topological polar surface area (TPSA) is 0 Å². The van der Waals surface area contributed by atoms with E-state index in [1.807, 2.05) is 0 Å².